The summed E-state index contributed by atoms with van der Waals surface area (Å²) in [7, 11) is 0. The Morgan fingerprint density at radius 3 is 3.18 bits per heavy atom. The molecule has 0 spiro atoms. The van der Waals surface area contributed by atoms with Gasteiger partial charge in [-0.1, -0.05) is 6.92 Å². The third-order valence-electron chi connectivity index (χ3n) is 3.08. The van der Waals surface area contributed by atoms with E-state index in [-0.39, 0.29) is 23.6 Å². The van der Waals surface area contributed by atoms with E-state index in [0.29, 0.717) is 0 Å². The van der Waals surface area contributed by atoms with Crippen molar-refractivity contribution in [3.63, 3.8) is 0 Å². The molecule has 92 valence electrons. The summed E-state index contributed by atoms with van der Waals surface area (Å²) in [6, 6.07) is 1.22. The molecule has 0 aliphatic carbocycles. The van der Waals surface area contributed by atoms with Gasteiger partial charge < -0.3 is 10.6 Å². The molecular formula is C12H16FN3O. The first-order valence-electron chi connectivity index (χ1n) is 5.82. The van der Waals surface area contributed by atoms with Gasteiger partial charge in [0.15, 0.2) is 5.82 Å². The van der Waals surface area contributed by atoms with Crippen LogP contribution in [0.1, 0.15) is 19.8 Å². The van der Waals surface area contributed by atoms with Gasteiger partial charge in [0.25, 0.3) is 0 Å². The highest BCUT2D eigenvalue weighted by molar-refractivity contribution is 5.95. The number of hydrogen-bond donors (Lipinski definition) is 2. The van der Waals surface area contributed by atoms with Crippen LogP contribution in [0.25, 0.3) is 0 Å². The first-order valence-corrected chi connectivity index (χ1v) is 5.82. The van der Waals surface area contributed by atoms with E-state index in [1.165, 1.54) is 12.3 Å². The fraction of sp³-hybridized carbons (Fsp3) is 0.500. The van der Waals surface area contributed by atoms with Gasteiger partial charge in [0.05, 0.1) is 17.9 Å². The molecule has 0 aromatic carbocycles. The Morgan fingerprint density at radius 2 is 2.47 bits per heavy atom. The summed E-state index contributed by atoms with van der Waals surface area (Å²) in [4.78, 5) is 15.6. The first-order chi connectivity index (χ1) is 8.18. The van der Waals surface area contributed by atoms with Crippen LogP contribution in [0.3, 0.4) is 0 Å². The standard InChI is InChI=1S/C12H16FN3O/c1-8-3-2-5-15-11(8)12(17)16-10-4-6-14-7-9(10)13/h4,6-8,11,15H,2-3,5H2,1H3,(H,14,16,17). The minimum Gasteiger partial charge on any atom is -0.322 e. The van der Waals surface area contributed by atoms with Crippen LogP contribution in [0.5, 0.6) is 0 Å². The Balaban J connectivity index is 2.03. The number of anilines is 1. The zero-order chi connectivity index (χ0) is 12.3. The molecule has 2 atom stereocenters. The number of carbonyl (C=O) groups excluding carboxylic acids is 1. The van der Waals surface area contributed by atoms with Crippen LogP contribution >= 0.6 is 0 Å². The van der Waals surface area contributed by atoms with Crippen LogP contribution in [0.2, 0.25) is 0 Å². The molecule has 2 N–H and O–H groups in total. The molecule has 0 bridgehead atoms. The molecule has 1 aliphatic rings. The molecule has 0 saturated carbocycles. The molecule has 1 aromatic rings. The van der Waals surface area contributed by atoms with E-state index < -0.39 is 5.82 Å². The third-order valence-corrected chi connectivity index (χ3v) is 3.08. The molecule has 2 unspecified atom stereocenters. The van der Waals surface area contributed by atoms with Gasteiger partial charge in [0.2, 0.25) is 5.91 Å². The summed E-state index contributed by atoms with van der Waals surface area (Å²) in [5.74, 6) is -0.416. The van der Waals surface area contributed by atoms with E-state index in [1.54, 1.807) is 0 Å². The molecule has 4 nitrogen and oxygen atoms in total. The normalized spacial score (nSPS) is 24.4. The van der Waals surface area contributed by atoms with E-state index in [2.05, 4.69) is 15.6 Å². The van der Waals surface area contributed by atoms with Crippen molar-refractivity contribution >= 4 is 11.6 Å². The minimum absolute atomic E-state index is 0.178. The SMILES string of the molecule is CC1CCCNC1C(=O)Nc1ccncc1F. The molecule has 17 heavy (non-hydrogen) atoms. The van der Waals surface area contributed by atoms with Crippen LogP contribution in [0.4, 0.5) is 10.1 Å². The number of halogens is 1. The average molecular weight is 237 g/mol. The Morgan fingerprint density at radius 1 is 1.65 bits per heavy atom. The highest BCUT2D eigenvalue weighted by Gasteiger charge is 2.27. The Labute approximate surface area is 99.6 Å². The molecule has 1 aromatic heterocycles. The maximum absolute atomic E-state index is 13.3. The number of amides is 1. The van der Waals surface area contributed by atoms with Crippen molar-refractivity contribution in [1.29, 1.82) is 0 Å². The zero-order valence-electron chi connectivity index (χ0n) is 9.74. The van der Waals surface area contributed by atoms with Crippen LogP contribution in [0, 0.1) is 11.7 Å². The maximum atomic E-state index is 13.3. The third kappa shape index (κ3) is 2.79. The lowest BCUT2D eigenvalue weighted by molar-refractivity contribution is -0.119. The summed E-state index contributed by atoms with van der Waals surface area (Å²) in [6.07, 6.45) is 4.64. The second-order valence-corrected chi connectivity index (χ2v) is 4.40. The van der Waals surface area contributed by atoms with Gasteiger partial charge in [-0.15, -0.1) is 0 Å². The maximum Gasteiger partial charge on any atom is 0.241 e. The predicted molar refractivity (Wildman–Crippen MR) is 63.0 cm³/mol. The number of pyridine rings is 1. The van der Waals surface area contributed by atoms with Crippen molar-refractivity contribution < 1.29 is 9.18 Å². The highest BCUT2D eigenvalue weighted by Crippen LogP contribution is 2.18. The smallest absolute Gasteiger partial charge is 0.241 e. The Hall–Kier alpha value is -1.49. The van der Waals surface area contributed by atoms with Gasteiger partial charge in [-0.05, 0) is 31.4 Å². The Kier molecular flexibility index (Phi) is 3.68. The molecule has 2 rings (SSSR count). The number of nitrogens with zero attached hydrogens (tertiary/aromatic N) is 1. The lowest BCUT2D eigenvalue weighted by Gasteiger charge is -2.28. The molecule has 1 aliphatic heterocycles. The number of piperidine rings is 1. The van der Waals surface area contributed by atoms with E-state index in [4.69, 9.17) is 0 Å². The second-order valence-electron chi connectivity index (χ2n) is 4.40. The van der Waals surface area contributed by atoms with Gasteiger partial charge in [-0.2, -0.15) is 0 Å². The molecular weight excluding hydrogens is 221 g/mol. The van der Waals surface area contributed by atoms with Gasteiger partial charge in [-0.25, -0.2) is 4.39 Å². The van der Waals surface area contributed by atoms with Crippen LogP contribution in [-0.4, -0.2) is 23.5 Å². The largest absolute Gasteiger partial charge is 0.322 e. The van der Waals surface area contributed by atoms with Gasteiger partial charge in [-0.3, -0.25) is 9.78 Å². The van der Waals surface area contributed by atoms with Crippen molar-refractivity contribution in [3.8, 4) is 0 Å². The van der Waals surface area contributed by atoms with E-state index in [9.17, 15) is 9.18 Å². The van der Waals surface area contributed by atoms with Crippen molar-refractivity contribution in [1.82, 2.24) is 10.3 Å². The van der Waals surface area contributed by atoms with Gasteiger partial charge in [0, 0.05) is 6.20 Å². The Bertz CT molecular complexity index is 410. The fourth-order valence-electron chi connectivity index (χ4n) is 2.09. The average Bonchev–Trinajstić information content (AvgIpc) is 2.32. The van der Waals surface area contributed by atoms with Crippen molar-refractivity contribution in [2.24, 2.45) is 5.92 Å². The predicted octanol–water partition coefficient (Wildman–Crippen LogP) is 1.55. The summed E-state index contributed by atoms with van der Waals surface area (Å²) in [5, 5.41) is 5.75. The summed E-state index contributed by atoms with van der Waals surface area (Å²) < 4.78 is 13.3. The van der Waals surface area contributed by atoms with Crippen molar-refractivity contribution in [3.05, 3.63) is 24.3 Å². The topological polar surface area (TPSA) is 54.0 Å². The quantitative estimate of drug-likeness (QED) is 0.820. The molecule has 1 fully saturated rings. The van der Waals surface area contributed by atoms with E-state index >= 15 is 0 Å². The number of rotatable bonds is 2. The lowest BCUT2D eigenvalue weighted by Crippen LogP contribution is -2.48. The van der Waals surface area contributed by atoms with Crippen molar-refractivity contribution in [2.75, 3.05) is 11.9 Å². The highest BCUT2D eigenvalue weighted by atomic mass is 19.1. The molecule has 1 amide bonds. The fourth-order valence-corrected chi connectivity index (χ4v) is 2.09. The lowest BCUT2D eigenvalue weighted by atomic mass is 9.92. The van der Waals surface area contributed by atoms with Crippen LogP contribution in [0.15, 0.2) is 18.5 Å². The summed E-state index contributed by atoms with van der Waals surface area (Å²) in [6.45, 7) is 2.86. The molecule has 1 saturated heterocycles. The zero-order valence-corrected chi connectivity index (χ0v) is 9.74. The van der Waals surface area contributed by atoms with Gasteiger partial charge in [0.1, 0.15) is 0 Å². The van der Waals surface area contributed by atoms with Crippen molar-refractivity contribution in [2.45, 2.75) is 25.8 Å². The van der Waals surface area contributed by atoms with E-state index in [1.807, 2.05) is 6.92 Å². The molecule has 0 radical (unpaired) electrons. The number of aromatic nitrogens is 1. The number of nitrogens with one attached hydrogen (secondary N) is 2. The summed E-state index contributed by atoms with van der Waals surface area (Å²) >= 11 is 0. The van der Waals surface area contributed by atoms with E-state index in [0.717, 1.165) is 25.6 Å². The minimum atomic E-state index is -0.510. The monoisotopic (exact) mass is 237 g/mol. The second kappa shape index (κ2) is 5.23. The molecule has 5 heteroatoms. The van der Waals surface area contributed by atoms with Gasteiger partial charge >= 0.3 is 0 Å². The summed E-state index contributed by atoms with van der Waals surface area (Å²) in [5.41, 5.74) is 0.185. The van der Waals surface area contributed by atoms with Crippen LogP contribution in [-0.2, 0) is 4.79 Å². The number of hydrogen-bond acceptors (Lipinski definition) is 3. The van der Waals surface area contributed by atoms with Crippen LogP contribution < -0.4 is 10.6 Å². The first kappa shape index (κ1) is 12.0. The molecule has 2 heterocycles. The number of carbonyl (C=O) groups is 1.